The summed E-state index contributed by atoms with van der Waals surface area (Å²) in [5.41, 5.74) is 2.26. The number of hydrogen-bond donors (Lipinski definition) is 2. The van der Waals surface area contributed by atoms with E-state index in [2.05, 4.69) is 14.7 Å². The Labute approximate surface area is 190 Å². The number of nitrogens with one attached hydrogen (secondary N) is 2. The minimum atomic E-state index is -3.67. The van der Waals surface area contributed by atoms with Gasteiger partial charge in [0.1, 0.15) is 5.52 Å². The second-order valence-corrected chi connectivity index (χ2v) is 9.50. The molecule has 4 rings (SSSR count). The zero-order valence-electron chi connectivity index (χ0n) is 18.4. The van der Waals surface area contributed by atoms with Crippen molar-refractivity contribution < 1.29 is 8.42 Å². The van der Waals surface area contributed by atoms with Crippen LogP contribution in [0.5, 0.6) is 0 Å². The van der Waals surface area contributed by atoms with Gasteiger partial charge in [0.25, 0.3) is 5.56 Å². The highest BCUT2D eigenvalue weighted by molar-refractivity contribution is 7.89. The Morgan fingerprint density at radius 3 is 2.52 bits per heavy atom. The molecule has 0 aliphatic carbocycles. The first kappa shape index (κ1) is 22.7. The quantitative estimate of drug-likeness (QED) is 0.411. The van der Waals surface area contributed by atoms with E-state index in [-0.39, 0.29) is 17.1 Å². The zero-order chi connectivity index (χ0) is 23.6. The molecule has 3 aromatic heterocycles. The van der Waals surface area contributed by atoms with E-state index in [0.29, 0.717) is 35.3 Å². The molecule has 0 spiro atoms. The van der Waals surface area contributed by atoms with E-state index in [1.165, 1.54) is 19.2 Å². The van der Waals surface area contributed by atoms with Gasteiger partial charge in [-0.3, -0.25) is 18.9 Å². The maximum Gasteiger partial charge on any atom is 0.331 e. The molecule has 4 aromatic rings. The molecule has 3 heterocycles. The lowest BCUT2D eigenvalue weighted by Crippen LogP contribution is -2.38. The molecule has 172 valence electrons. The second kappa shape index (κ2) is 9.16. The first-order chi connectivity index (χ1) is 15.8. The number of nitrogens with zero attached hydrogens (tertiary/aromatic N) is 3. The monoisotopic (exact) mass is 467 g/mol. The van der Waals surface area contributed by atoms with Gasteiger partial charge < -0.3 is 4.98 Å². The third-order valence-electron chi connectivity index (χ3n) is 5.45. The topological polar surface area (TPSA) is 119 Å². The molecule has 10 heteroatoms. The van der Waals surface area contributed by atoms with Crippen LogP contribution in [-0.4, -0.2) is 34.1 Å². The van der Waals surface area contributed by atoms with E-state index in [4.69, 9.17) is 0 Å². The van der Waals surface area contributed by atoms with Gasteiger partial charge >= 0.3 is 5.69 Å². The van der Waals surface area contributed by atoms with Gasteiger partial charge in [-0.1, -0.05) is 25.1 Å². The van der Waals surface area contributed by atoms with Gasteiger partial charge in [0.05, 0.1) is 10.4 Å². The van der Waals surface area contributed by atoms with Crippen molar-refractivity contribution in [3.05, 3.63) is 81.3 Å². The second-order valence-electron chi connectivity index (χ2n) is 7.73. The molecule has 0 saturated heterocycles. The van der Waals surface area contributed by atoms with Crippen LogP contribution in [0.2, 0.25) is 0 Å². The van der Waals surface area contributed by atoms with Crippen LogP contribution in [0.15, 0.2) is 69.2 Å². The molecule has 0 radical (unpaired) electrons. The summed E-state index contributed by atoms with van der Waals surface area (Å²) in [6.45, 7) is 2.68. The fourth-order valence-electron chi connectivity index (χ4n) is 3.71. The number of aromatic amines is 1. The van der Waals surface area contributed by atoms with Crippen LogP contribution in [0.4, 0.5) is 0 Å². The number of sulfonamides is 1. The highest BCUT2D eigenvalue weighted by Crippen LogP contribution is 2.23. The average Bonchev–Trinajstić information content (AvgIpc) is 3.26. The molecule has 0 amide bonds. The average molecular weight is 468 g/mol. The normalized spacial score (nSPS) is 11.8. The van der Waals surface area contributed by atoms with E-state index in [0.717, 1.165) is 16.7 Å². The summed E-state index contributed by atoms with van der Waals surface area (Å²) in [4.78, 5) is 32.5. The summed E-state index contributed by atoms with van der Waals surface area (Å²) in [7, 11) is -2.22. The zero-order valence-corrected chi connectivity index (χ0v) is 19.2. The van der Waals surface area contributed by atoms with Crippen molar-refractivity contribution >= 4 is 21.1 Å². The van der Waals surface area contributed by atoms with Crippen LogP contribution in [0.25, 0.3) is 22.3 Å². The standard InChI is InChI=1S/C23H25N5O4S/c1-3-14-28-20-15-19(26-21(20)22(29)27(2)23(28)30)16-7-9-18(10-8-16)33(31,32)25-13-11-17-6-4-5-12-24-17/h4-10,12,15,25-26H,3,11,13-14H2,1-2H3. The molecule has 9 nitrogen and oxygen atoms in total. The summed E-state index contributed by atoms with van der Waals surface area (Å²) in [5, 5.41) is 0. The molecule has 0 aliphatic heterocycles. The van der Waals surface area contributed by atoms with Gasteiger partial charge in [-0.05, 0) is 42.3 Å². The Hall–Kier alpha value is -3.50. The van der Waals surface area contributed by atoms with Crippen molar-refractivity contribution in [2.24, 2.45) is 7.05 Å². The van der Waals surface area contributed by atoms with Gasteiger partial charge in [-0.25, -0.2) is 17.9 Å². The number of fused-ring (bicyclic) bond motifs is 1. The van der Waals surface area contributed by atoms with Crippen molar-refractivity contribution in [1.29, 1.82) is 0 Å². The van der Waals surface area contributed by atoms with Crippen molar-refractivity contribution in [1.82, 2.24) is 23.8 Å². The van der Waals surface area contributed by atoms with E-state index >= 15 is 0 Å². The van der Waals surface area contributed by atoms with Crippen LogP contribution < -0.4 is 16.0 Å². The molecule has 0 aliphatic rings. The molecule has 0 bridgehead atoms. The Morgan fingerprint density at radius 1 is 1.09 bits per heavy atom. The molecule has 0 atom stereocenters. The third kappa shape index (κ3) is 4.53. The number of benzene rings is 1. The molecule has 0 unspecified atom stereocenters. The maximum atomic E-state index is 12.6. The van der Waals surface area contributed by atoms with Gasteiger partial charge in [-0.2, -0.15) is 0 Å². The van der Waals surface area contributed by atoms with Crippen LogP contribution >= 0.6 is 0 Å². The number of H-pyrrole nitrogens is 1. The van der Waals surface area contributed by atoms with E-state index in [1.54, 1.807) is 29.0 Å². The van der Waals surface area contributed by atoms with E-state index in [9.17, 15) is 18.0 Å². The molecular formula is C23H25N5O4S. The molecule has 0 saturated carbocycles. The first-order valence-corrected chi connectivity index (χ1v) is 12.1. The maximum absolute atomic E-state index is 12.6. The van der Waals surface area contributed by atoms with Gasteiger partial charge in [-0.15, -0.1) is 0 Å². The molecule has 1 aromatic carbocycles. The number of aryl methyl sites for hydroxylation is 1. The van der Waals surface area contributed by atoms with Crippen molar-refractivity contribution in [2.75, 3.05) is 6.54 Å². The summed E-state index contributed by atoms with van der Waals surface area (Å²) in [6, 6.07) is 13.6. The highest BCUT2D eigenvalue weighted by atomic mass is 32.2. The largest absolute Gasteiger partial charge is 0.349 e. The highest BCUT2D eigenvalue weighted by Gasteiger charge is 2.16. The Kier molecular flexibility index (Phi) is 6.30. The molecule has 2 N–H and O–H groups in total. The van der Waals surface area contributed by atoms with Gasteiger partial charge in [0.2, 0.25) is 10.0 Å². The fourth-order valence-corrected chi connectivity index (χ4v) is 4.74. The van der Waals surface area contributed by atoms with Crippen molar-refractivity contribution in [2.45, 2.75) is 31.2 Å². The van der Waals surface area contributed by atoms with E-state index < -0.39 is 15.6 Å². The lowest BCUT2D eigenvalue weighted by atomic mass is 10.1. The lowest BCUT2D eigenvalue weighted by Gasteiger charge is -2.07. The summed E-state index contributed by atoms with van der Waals surface area (Å²) >= 11 is 0. The van der Waals surface area contributed by atoms with Crippen molar-refractivity contribution in [3.63, 3.8) is 0 Å². The van der Waals surface area contributed by atoms with Gasteiger partial charge in [0, 0.05) is 44.1 Å². The smallest absolute Gasteiger partial charge is 0.331 e. The van der Waals surface area contributed by atoms with Crippen LogP contribution in [-0.2, 0) is 30.0 Å². The number of hydrogen-bond acceptors (Lipinski definition) is 5. The van der Waals surface area contributed by atoms with Gasteiger partial charge in [0.15, 0.2) is 0 Å². The summed E-state index contributed by atoms with van der Waals surface area (Å²) in [5.74, 6) is 0. The molecule has 33 heavy (non-hydrogen) atoms. The first-order valence-electron chi connectivity index (χ1n) is 10.6. The lowest BCUT2D eigenvalue weighted by molar-refractivity contribution is 0.581. The predicted molar refractivity (Wildman–Crippen MR) is 127 cm³/mol. The Morgan fingerprint density at radius 2 is 1.85 bits per heavy atom. The Bertz CT molecular complexity index is 1500. The third-order valence-corrected chi connectivity index (χ3v) is 6.92. The Balaban J connectivity index is 1.59. The number of aromatic nitrogens is 4. The summed E-state index contributed by atoms with van der Waals surface area (Å²) < 4.78 is 30.5. The van der Waals surface area contributed by atoms with Crippen LogP contribution in [0.3, 0.4) is 0 Å². The SMILES string of the molecule is CCCn1c(=O)n(C)c(=O)c2[nH]c(-c3ccc(S(=O)(=O)NCCc4ccccn4)cc3)cc21. The minimum absolute atomic E-state index is 0.141. The number of rotatable bonds is 8. The van der Waals surface area contributed by atoms with Crippen LogP contribution in [0.1, 0.15) is 19.0 Å². The summed E-state index contributed by atoms with van der Waals surface area (Å²) in [6.07, 6.45) is 2.90. The van der Waals surface area contributed by atoms with E-state index in [1.807, 2.05) is 25.1 Å². The molecular weight excluding hydrogens is 442 g/mol. The predicted octanol–water partition coefficient (Wildman–Crippen LogP) is 2.02. The minimum Gasteiger partial charge on any atom is -0.349 e. The molecule has 0 fully saturated rings. The van der Waals surface area contributed by atoms with Crippen molar-refractivity contribution in [3.8, 4) is 11.3 Å². The number of pyridine rings is 1. The van der Waals surface area contributed by atoms with Crippen LogP contribution in [0, 0.1) is 0 Å². The fraction of sp³-hybridized carbons (Fsp3) is 0.261.